The van der Waals surface area contributed by atoms with Crippen LogP contribution in [0.4, 0.5) is 5.69 Å². The molecule has 0 aromatic heterocycles. The third kappa shape index (κ3) is 4.81. The molecule has 0 spiro atoms. The normalized spacial score (nSPS) is 11.9. The van der Waals surface area contributed by atoms with Gasteiger partial charge in [-0.15, -0.1) is 0 Å². The highest BCUT2D eigenvalue weighted by Gasteiger charge is 2.02. The molecule has 0 aliphatic rings. The molecule has 0 aliphatic carbocycles. The van der Waals surface area contributed by atoms with E-state index in [9.17, 15) is 0 Å². The zero-order chi connectivity index (χ0) is 12.0. The molecular weight excluding hydrogens is 240 g/mol. The lowest BCUT2D eigenvalue weighted by Crippen LogP contribution is -2.35. The third-order valence-electron chi connectivity index (χ3n) is 2.20. The van der Waals surface area contributed by atoms with E-state index in [-0.39, 0.29) is 0 Å². The van der Waals surface area contributed by atoms with E-state index in [4.69, 9.17) is 23.8 Å². The van der Waals surface area contributed by atoms with Crippen molar-refractivity contribution in [2.75, 3.05) is 5.32 Å². The number of anilines is 1. The number of benzene rings is 1. The molecule has 1 aromatic carbocycles. The molecule has 0 bridgehead atoms. The lowest BCUT2D eigenvalue weighted by Gasteiger charge is -2.16. The van der Waals surface area contributed by atoms with E-state index < -0.39 is 0 Å². The molecule has 16 heavy (non-hydrogen) atoms. The van der Waals surface area contributed by atoms with E-state index >= 15 is 0 Å². The molecule has 2 nitrogen and oxygen atoms in total. The van der Waals surface area contributed by atoms with Gasteiger partial charge in [0.05, 0.1) is 0 Å². The maximum atomic E-state index is 5.80. The number of rotatable bonds is 4. The minimum absolute atomic E-state index is 0.400. The molecule has 4 heteroatoms. The van der Waals surface area contributed by atoms with Crippen LogP contribution in [0.15, 0.2) is 24.3 Å². The van der Waals surface area contributed by atoms with Crippen LogP contribution in [-0.4, -0.2) is 11.2 Å². The summed E-state index contributed by atoms with van der Waals surface area (Å²) in [7, 11) is 0. The molecule has 0 amide bonds. The van der Waals surface area contributed by atoms with Gasteiger partial charge in [-0.05, 0) is 49.8 Å². The first-order chi connectivity index (χ1) is 7.61. The van der Waals surface area contributed by atoms with Crippen LogP contribution in [0.5, 0.6) is 0 Å². The fourth-order valence-corrected chi connectivity index (χ4v) is 1.87. The fourth-order valence-electron chi connectivity index (χ4n) is 1.43. The van der Waals surface area contributed by atoms with Crippen LogP contribution in [-0.2, 0) is 0 Å². The van der Waals surface area contributed by atoms with Crippen LogP contribution in [0.1, 0.15) is 26.7 Å². The monoisotopic (exact) mass is 256 g/mol. The van der Waals surface area contributed by atoms with E-state index in [1.54, 1.807) is 0 Å². The fraction of sp³-hybridized carbons (Fsp3) is 0.417. The zero-order valence-corrected chi connectivity index (χ0v) is 11.2. The molecule has 1 aromatic rings. The Morgan fingerprint density at radius 3 is 2.56 bits per heavy atom. The van der Waals surface area contributed by atoms with Crippen LogP contribution >= 0.6 is 23.8 Å². The van der Waals surface area contributed by atoms with Crippen LogP contribution < -0.4 is 10.6 Å². The molecule has 0 fully saturated rings. The van der Waals surface area contributed by atoms with Crippen molar-refractivity contribution >= 4 is 34.6 Å². The molecule has 1 atom stereocenters. The highest BCUT2D eigenvalue weighted by atomic mass is 35.5. The molecule has 88 valence electrons. The van der Waals surface area contributed by atoms with Gasteiger partial charge < -0.3 is 10.6 Å². The summed E-state index contributed by atoms with van der Waals surface area (Å²) in [4.78, 5) is 0. The van der Waals surface area contributed by atoms with E-state index in [0.717, 1.165) is 23.6 Å². The second kappa shape index (κ2) is 6.71. The van der Waals surface area contributed by atoms with Crippen molar-refractivity contribution in [1.82, 2.24) is 5.32 Å². The molecule has 2 N–H and O–H groups in total. The Bertz CT molecular complexity index is 337. The van der Waals surface area contributed by atoms with E-state index in [1.165, 1.54) is 0 Å². The van der Waals surface area contributed by atoms with Crippen molar-refractivity contribution < 1.29 is 0 Å². The van der Waals surface area contributed by atoms with Gasteiger partial charge in [0.25, 0.3) is 0 Å². The van der Waals surface area contributed by atoms with E-state index in [0.29, 0.717) is 11.2 Å². The topological polar surface area (TPSA) is 24.1 Å². The second-order valence-electron chi connectivity index (χ2n) is 3.80. The van der Waals surface area contributed by atoms with Gasteiger partial charge in [0.2, 0.25) is 0 Å². The van der Waals surface area contributed by atoms with Crippen LogP contribution in [0.2, 0.25) is 5.02 Å². The van der Waals surface area contributed by atoms with E-state index in [2.05, 4.69) is 24.5 Å². The summed E-state index contributed by atoms with van der Waals surface area (Å²) in [5, 5.41) is 7.73. The summed E-state index contributed by atoms with van der Waals surface area (Å²) in [5.74, 6) is 0. The number of hydrogen-bond donors (Lipinski definition) is 2. The molecule has 1 rings (SSSR count). The van der Waals surface area contributed by atoms with Crippen molar-refractivity contribution in [3.05, 3.63) is 29.3 Å². The summed E-state index contributed by atoms with van der Waals surface area (Å²) in [5.41, 5.74) is 0.950. The van der Waals surface area contributed by atoms with Gasteiger partial charge in [-0.1, -0.05) is 24.9 Å². The molecule has 0 radical (unpaired) electrons. The van der Waals surface area contributed by atoms with Crippen LogP contribution in [0.25, 0.3) is 0 Å². The number of thiocarbonyl (C=S) groups is 1. The van der Waals surface area contributed by atoms with E-state index in [1.807, 2.05) is 24.3 Å². The first-order valence-corrected chi connectivity index (χ1v) is 6.23. The Hall–Kier alpha value is -0.800. The van der Waals surface area contributed by atoms with Gasteiger partial charge in [0.1, 0.15) is 0 Å². The van der Waals surface area contributed by atoms with Crippen LogP contribution in [0, 0.1) is 0 Å². The van der Waals surface area contributed by atoms with Crippen molar-refractivity contribution in [2.45, 2.75) is 32.7 Å². The minimum atomic E-state index is 0.400. The van der Waals surface area contributed by atoms with Gasteiger partial charge in [-0.2, -0.15) is 0 Å². The van der Waals surface area contributed by atoms with Crippen LogP contribution in [0.3, 0.4) is 0 Å². The predicted octanol–water partition coefficient (Wildman–Crippen LogP) is 3.82. The van der Waals surface area contributed by atoms with Crippen molar-refractivity contribution in [2.24, 2.45) is 0 Å². The molecular formula is C12H17ClN2S. The summed E-state index contributed by atoms with van der Waals surface area (Å²) in [6.45, 7) is 4.28. The maximum absolute atomic E-state index is 5.80. The summed E-state index contributed by atoms with van der Waals surface area (Å²) in [6.07, 6.45) is 2.26. The first kappa shape index (κ1) is 13.3. The first-order valence-electron chi connectivity index (χ1n) is 5.45. The third-order valence-corrected chi connectivity index (χ3v) is 2.67. The highest BCUT2D eigenvalue weighted by molar-refractivity contribution is 7.80. The standard InChI is InChI=1S/C12H17ClN2S/c1-3-4-9(2)14-12(16)15-11-7-5-10(13)6-8-11/h5-9H,3-4H2,1-2H3,(H2,14,15,16)/t9-/m1/s1. The quantitative estimate of drug-likeness (QED) is 0.801. The van der Waals surface area contributed by atoms with Crippen molar-refractivity contribution in [3.8, 4) is 0 Å². The lowest BCUT2D eigenvalue weighted by atomic mass is 10.2. The average Bonchev–Trinajstić information content (AvgIpc) is 2.21. The predicted molar refractivity (Wildman–Crippen MR) is 75.2 cm³/mol. The van der Waals surface area contributed by atoms with Gasteiger partial charge in [0.15, 0.2) is 5.11 Å². The zero-order valence-electron chi connectivity index (χ0n) is 9.59. The Balaban J connectivity index is 2.42. The van der Waals surface area contributed by atoms with Gasteiger partial charge in [-0.3, -0.25) is 0 Å². The Labute approximate surface area is 107 Å². The summed E-state index contributed by atoms with van der Waals surface area (Å²) < 4.78 is 0. The molecule has 0 saturated heterocycles. The van der Waals surface area contributed by atoms with Gasteiger partial charge in [0, 0.05) is 16.8 Å². The summed E-state index contributed by atoms with van der Waals surface area (Å²) in [6, 6.07) is 7.88. The van der Waals surface area contributed by atoms with Gasteiger partial charge >= 0.3 is 0 Å². The molecule has 0 saturated carbocycles. The Kier molecular flexibility index (Phi) is 5.56. The maximum Gasteiger partial charge on any atom is 0.170 e. The SMILES string of the molecule is CCC[C@@H](C)NC(=S)Nc1ccc(Cl)cc1. The molecule has 0 unspecified atom stereocenters. The number of halogens is 1. The lowest BCUT2D eigenvalue weighted by molar-refractivity contribution is 0.599. The Morgan fingerprint density at radius 2 is 2.00 bits per heavy atom. The van der Waals surface area contributed by atoms with Crippen molar-refractivity contribution in [3.63, 3.8) is 0 Å². The largest absolute Gasteiger partial charge is 0.360 e. The van der Waals surface area contributed by atoms with Gasteiger partial charge in [-0.25, -0.2) is 0 Å². The molecule has 0 aliphatic heterocycles. The smallest absolute Gasteiger partial charge is 0.170 e. The van der Waals surface area contributed by atoms with Crippen molar-refractivity contribution in [1.29, 1.82) is 0 Å². The molecule has 0 heterocycles. The minimum Gasteiger partial charge on any atom is -0.360 e. The average molecular weight is 257 g/mol. The summed E-state index contributed by atoms with van der Waals surface area (Å²) >= 11 is 11.0. The number of hydrogen-bond acceptors (Lipinski definition) is 1. The highest BCUT2D eigenvalue weighted by Crippen LogP contribution is 2.13. The number of nitrogens with one attached hydrogen (secondary N) is 2. The second-order valence-corrected chi connectivity index (χ2v) is 4.64. The Morgan fingerprint density at radius 1 is 1.38 bits per heavy atom.